The normalized spacial score (nSPS) is 15.7. The lowest BCUT2D eigenvalue weighted by molar-refractivity contribution is -0.387. The van der Waals surface area contributed by atoms with E-state index in [1.54, 1.807) is 6.07 Å². The molecule has 0 spiro atoms. The molecule has 18 heavy (non-hydrogen) atoms. The van der Waals surface area contributed by atoms with Gasteiger partial charge >= 0.3 is 5.69 Å². The fourth-order valence-electron chi connectivity index (χ4n) is 2.06. The van der Waals surface area contributed by atoms with Crippen LogP contribution in [0.4, 0.5) is 10.1 Å². The third-order valence-electron chi connectivity index (χ3n) is 3.28. The van der Waals surface area contributed by atoms with Gasteiger partial charge in [0.1, 0.15) is 0 Å². The van der Waals surface area contributed by atoms with Crippen LogP contribution < -0.4 is 5.32 Å². The molecule has 0 saturated carbocycles. The highest BCUT2D eigenvalue weighted by molar-refractivity contribution is 5.35. The highest BCUT2D eigenvalue weighted by Gasteiger charge is 2.23. The molecule has 6 heteroatoms. The van der Waals surface area contributed by atoms with Crippen LogP contribution in [0.25, 0.3) is 0 Å². The quantitative estimate of drug-likeness (QED) is 0.638. The summed E-state index contributed by atoms with van der Waals surface area (Å²) in [7, 11) is 0. The van der Waals surface area contributed by atoms with Gasteiger partial charge in [-0.2, -0.15) is 4.39 Å². The summed E-state index contributed by atoms with van der Waals surface area (Å²) in [5.74, 6) is -0.764. The number of hydrogen-bond donors (Lipinski definition) is 1. The van der Waals surface area contributed by atoms with Crippen LogP contribution in [-0.2, 0) is 6.54 Å². The minimum absolute atomic E-state index is 0.466. The van der Waals surface area contributed by atoms with E-state index in [2.05, 4.69) is 17.1 Å². The van der Waals surface area contributed by atoms with E-state index >= 15 is 0 Å². The van der Waals surface area contributed by atoms with E-state index in [4.69, 9.17) is 0 Å². The van der Waals surface area contributed by atoms with Crippen molar-refractivity contribution < 1.29 is 9.31 Å². The summed E-state index contributed by atoms with van der Waals surface area (Å²) in [6.07, 6.45) is 0. The van der Waals surface area contributed by atoms with Crippen molar-refractivity contribution >= 4 is 5.69 Å². The van der Waals surface area contributed by atoms with Gasteiger partial charge in [-0.1, -0.05) is 13.0 Å². The topological polar surface area (TPSA) is 58.4 Å². The molecule has 0 radical (unpaired) electrons. The molecule has 1 aliphatic heterocycles. The first kappa shape index (κ1) is 12.9. The standard InChI is InChI=1S/C12H16FN3O2/c1-2-15(10-6-14-7-10)8-9-3-4-12(16(17)18)11(13)5-9/h3-5,10,14H,2,6-8H2,1H3. The second-order valence-corrected chi connectivity index (χ2v) is 4.42. The molecule has 2 rings (SSSR count). The van der Waals surface area contributed by atoms with E-state index in [-0.39, 0.29) is 0 Å². The van der Waals surface area contributed by atoms with Crippen LogP contribution in [0.2, 0.25) is 0 Å². The summed E-state index contributed by atoms with van der Waals surface area (Å²) < 4.78 is 13.5. The minimum Gasteiger partial charge on any atom is -0.314 e. The van der Waals surface area contributed by atoms with Crippen molar-refractivity contribution in [2.45, 2.75) is 19.5 Å². The number of rotatable bonds is 5. The van der Waals surface area contributed by atoms with Gasteiger partial charge < -0.3 is 5.32 Å². The molecule has 5 nitrogen and oxygen atoms in total. The zero-order valence-electron chi connectivity index (χ0n) is 10.2. The van der Waals surface area contributed by atoms with E-state index in [9.17, 15) is 14.5 Å². The maximum absolute atomic E-state index is 13.5. The van der Waals surface area contributed by atoms with Crippen molar-refractivity contribution in [2.24, 2.45) is 0 Å². The third kappa shape index (κ3) is 2.65. The van der Waals surface area contributed by atoms with Crippen LogP contribution in [0, 0.1) is 15.9 Å². The Morgan fingerprint density at radius 2 is 2.28 bits per heavy atom. The van der Waals surface area contributed by atoms with Gasteiger partial charge in [0.25, 0.3) is 0 Å². The molecule has 1 aliphatic rings. The lowest BCUT2D eigenvalue weighted by Crippen LogP contribution is -2.56. The molecule has 0 amide bonds. The van der Waals surface area contributed by atoms with Gasteiger partial charge in [0.2, 0.25) is 5.82 Å². The van der Waals surface area contributed by atoms with E-state index < -0.39 is 16.4 Å². The SMILES string of the molecule is CCN(Cc1ccc([N+](=O)[O-])c(F)c1)C1CNC1. The van der Waals surface area contributed by atoms with Gasteiger partial charge in [-0.15, -0.1) is 0 Å². The molecule has 1 heterocycles. The summed E-state index contributed by atoms with van der Waals surface area (Å²) in [5.41, 5.74) is 0.305. The van der Waals surface area contributed by atoms with E-state index in [1.165, 1.54) is 12.1 Å². The maximum Gasteiger partial charge on any atom is 0.304 e. The van der Waals surface area contributed by atoms with Gasteiger partial charge in [0.15, 0.2) is 0 Å². The molecular weight excluding hydrogens is 237 g/mol. The molecule has 1 N–H and O–H groups in total. The third-order valence-corrected chi connectivity index (χ3v) is 3.28. The second-order valence-electron chi connectivity index (χ2n) is 4.42. The Balaban J connectivity index is 2.08. The van der Waals surface area contributed by atoms with Crippen LogP contribution in [0.15, 0.2) is 18.2 Å². The Kier molecular flexibility index (Phi) is 3.88. The lowest BCUT2D eigenvalue weighted by atomic mass is 10.1. The highest BCUT2D eigenvalue weighted by Crippen LogP contribution is 2.19. The van der Waals surface area contributed by atoms with Crippen LogP contribution in [0.5, 0.6) is 0 Å². The first-order chi connectivity index (χ1) is 8.61. The van der Waals surface area contributed by atoms with E-state index in [0.717, 1.165) is 25.2 Å². The average Bonchev–Trinajstić information content (AvgIpc) is 2.25. The van der Waals surface area contributed by atoms with Crippen molar-refractivity contribution in [3.8, 4) is 0 Å². The Bertz CT molecular complexity index is 449. The zero-order valence-corrected chi connectivity index (χ0v) is 10.2. The van der Waals surface area contributed by atoms with Crippen LogP contribution >= 0.6 is 0 Å². The molecule has 0 unspecified atom stereocenters. The van der Waals surface area contributed by atoms with Crippen LogP contribution in [-0.4, -0.2) is 35.5 Å². The largest absolute Gasteiger partial charge is 0.314 e. The summed E-state index contributed by atoms with van der Waals surface area (Å²) in [5, 5.41) is 13.7. The highest BCUT2D eigenvalue weighted by atomic mass is 19.1. The zero-order chi connectivity index (χ0) is 13.1. The molecule has 0 bridgehead atoms. The molecule has 0 aliphatic carbocycles. The molecule has 0 aromatic heterocycles. The second kappa shape index (κ2) is 5.41. The molecule has 1 fully saturated rings. The number of nitrogens with zero attached hydrogens (tertiary/aromatic N) is 2. The van der Waals surface area contributed by atoms with Gasteiger partial charge in [0.05, 0.1) is 4.92 Å². The summed E-state index contributed by atoms with van der Waals surface area (Å²) in [6, 6.07) is 4.59. The lowest BCUT2D eigenvalue weighted by Gasteiger charge is -2.37. The Hall–Kier alpha value is -1.53. The van der Waals surface area contributed by atoms with Gasteiger partial charge in [-0.05, 0) is 18.2 Å². The number of nitro benzene ring substituents is 1. The number of likely N-dealkylation sites (N-methyl/N-ethyl adjacent to an activating group) is 1. The predicted octanol–water partition coefficient (Wildman–Crippen LogP) is 1.53. The van der Waals surface area contributed by atoms with Crippen molar-refractivity contribution in [3.05, 3.63) is 39.7 Å². The number of hydrogen-bond acceptors (Lipinski definition) is 4. The Morgan fingerprint density at radius 1 is 1.56 bits per heavy atom. The van der Waals surface area contributed by atoms with Gasteiger partial charge in [0, 0.05) is 31.7 Å². The first-order valence-corrected chi connectivity index (χ1v) is 5.99. The van der Waals surface area contributed by atoms with Crippen molar-refractivity contribution in [2.75, 3.05) is 19.6 Å². The summed E-state index contributed by atoms with van der Waals surface area (Å²) in [4.78, 5) is 12.1. The molecule has 1 aromatic carbocycles. The van der Waals surface area contributed by atoms with Gasteiger partial charge in [-0.25, -0.2) is 0 Å². The molecular formula is C12H16FN3O2. The Morgan fingerprint density at radius 3 is 2.72 bits per heavy atom. The van der Waals surface area contributed by atoms with Crippen molar-refractivity contribution in [1.29, 1.82) is 0 Å². The number of nitro groups is 1. The van der Waals surface area contributed by atoms with Crippen LogP contribution in [0.1, 0.15) is 12.5 Å². The minimum atomic E-state index is -0.764. The van der Waals surface area contributed by atoms with Crippen molar-refractivity contribution in [3.63, 3.8) is 0 Å². The smallest absolute Gasteiger partial charge is 0.304 e. The van der Waals surface area contributed by atoms with E-state index in [1.807, 2.05) is 0 Å². The number of nitrogens with one attached hydrogen (secondary N) is 1. The summed E-state index contributed by atoms with van der Waals surface area (Å²) >= 11 is 0. The van der Waals surface area contributed by atoms with Crippen molar-refractivity contribution in [1.82, 2.24) is 10.2 Å². The molecule has 1 saturated heterocycles. The molecule has 0 atom stereocenters. The predicted molar refractivity (Wildman–Crippen MR) is 65.8 cm³/mol. The number of benzene rings is 1. The van der Waals surface area contributed by atoms with E-state index in [0.29, 0.717) is 12.6 Å². The average molecular weight is 253 g/mol. The fraction of sp³-hybridized carbons (Fsp3) is 0.500. The summed E-state index contributed by atoms with van der Waals surface area (Å²) in [6.45, 7) is 5.45. The first-order valence-electron chi connectivity index (χ1n) is 5.99. The van der Waals surface area contributed by atoms with Gasteiger partial charge in [-0.3, -0.25) is 15.0 Å². The fourth-order valence-corrected chi connectivity index (χ4v) is 2.06. The monoisotopic (exact) mass is 253 g/mol. The Labute approximate surface area is 105 Å². The van der Waals surface area contributed by atoms with Crippen LogP contribution in [0.3, 0.4) is 0 Å². The number of halogens is 1. The molecule has 1 aromatic rings. The molecule has 98 valence electrons. The maximum atomic E-state index is 13.5.